The largest absolute Gasteiger partial charge is 0.277 e. The molecule has 0 saturated heterocycles. The highest BCUT2D eigenvalue weighted by atomic mass is 16.2. The van der Waals surface area contributed by atoms with Crippen molar-refractivity contribution in [1.29, 1.82) is 0 Å². The molecule has 0 rings (SSSR count). The first-order valence-corrected chi connectivity index (χ1v) is 1.25. The van der Waals surface area contributed by atoms with E-state index in [-0.39, 0.29) is 12.8 Å². The van der Waals surface area contributed by atoms with Crippen molar-refractivity contribution in [2.75, 3.05) is 0 Å². The topological polar surface area (TPSA) is 63.4 Å². The van der Waals surface area contributed by atoms with Crippen LogP contribution >= 0.6 is 0 Å². The molecule has 0 radical (unpaired) electrons. The third-order valence-electron chi connectivity index (χ3n) is 0.243. The summed E-state index contributed by atoms with van der Waals surface area (Å²) in [6.07, 6.45) is 0.431. The molecule has 0 spiro atoms. The van der Waals surface area contributed by atoms with Crippen molar-refractivity contribution in [3.8, 4) is 0 Å². The first-order chi connectivity index (χ1) is 2.81. The first kappa shape index (κ1) is 5.10. The van der Waals surface area contributed by atoms with E-state index in [1.165, 1.54) is 0 Å². The molecular weight excluding hydrogens is 84.0 g/mol. The lowest BCUT2D eigenvalue weighted by atomic mass is 11.1. The second-order valence-electron chi connectivity index (χ2n) is 0.658. The molecule has 0 bridgehead atoms. The van der Waals surface area contributed by atoms with E-state index < -0.39 is 0 Å². The molecule has 2 N–H and O–H groups in total. The Morgan fingerprint density at radius 2 is 1.67 bits per heavy atom. The zero-order valence-corrected chi connectivity index (χ0v) is 3.00. The van der Waals surface area contributed by atoms with E-state index in [4.69, 9.17) is 0 Å². The number of carbonyl (C=O) groups is 2. The summed E-state index contributed by atoms with van der Waals surface area (Å²) in [5, 5.41) is 0.389. The van der Waals surface area contributed by atoms with Crippen LogP contribution in [0.2, 0.25) is 0 Å². The number of rotatable bonds is 2. The number of hydrazine groups is 1. The minimum absolute atomic E-state index is 0.215. The second-order valence-corrected chi connectivity index (χ2v) is 0.658. The van der Waals surface area contributed by atoms with Gasteiger partial charge in [-0.2, -0.15) is 0 Å². The SMILES string of the molecule is NN(C=O)C=O. The van der Waals surface area contributed by atoms with Crippen LogP contribution in [0.1, 0.15) is 0 Å². The van der Waals surface area contributed by atoms with Crippen molar-refractivity contribution in [1.82, 2.24) is 5.01 Å². The summed E-state index contributed by atoms with van der Waals surface area (Å²) in [7, 11) is 0. The number of hydrogen-bond acceptors (Lipinski definition) is 3. The molecule has 0 aliphatic carbocycles. The van der Waals surface area contributed by atoms with Crippen molar-refractivity contribution < 1.29 is 9.59 Å². The Hall–Kier alpha value is -0.900. The van der Waals surface area contributed by atoms with Crippen LogP contribution in [-0.4, -0.2) is 17.8 Å². The van der Waals surface area contributed by atoms with Gasteiger partial charge in [-0.1, -0.05) is 0 Å². The smallest absolute Gasteiger partial charge is 0.230 e. The minimum atomic E-state index is 0.215. The van der Waals surface area contributed by atoms with Gasteiger partial charge in [0.25, 0.3) is 0 Å². The molecule has 0 aliphatic rings. The lowest BCUT2D eigenvalue weighted by Crippen LogP contribution is -2.26. The Bertz CT molecular complexity index is 54.6. The molecule has 0 aliphatic heterocycles. The Kier molecular flexibility index (Phi) is 1.99. The fourth-order valence-corrected chi connectivity index (χ4v) is 0.0248. The quantitative estimate of drug-likeness (QED) is 0.193. The molecule has 34 valence electrons. The normalized spacial score (nSPS) is 6.83. The third-order valence-corrected chi connectivity index (χ3v) is 0.243. The summed E-state index contributed by atoms with van der Waals surface area (Å²) in [5.74, 6) is 4.57. The number of carbonyl (C=O) groups excluding carboxylic acids is 2. The molecule has 4 heteroatoms. The van der Waals surface area contributed by atoms with Gasteiger partial charge in [0.1, 0.15) is 0 Å². The lowest BCUT2D eigenvalue weighted by Gasteiger charge is -1.91. The fraction of sp³-hybridized carbons (Fsp3) is 0. The van der Waals surface area contributed by atoms with E-state index in [1.54, 1.807) is 0 Å². The van der Waals surface area contributed by atoms with Gasteiger partial charge in [-0.3, -0.25) is 9.59 Å². The predicted octanol–water partition coefficient (Wildman–Crippen LogP) is -1.53. The van der Waals surface area contributed by atoms with Crippen LogP contribution in [-0.2, 0) is 9.59 Å². The van der Waals surface area contributed by atoms with Crippen molar-refractivity contribution >= 4 is 12.8 Å². The molecule has 0 aromatic carbocycles. The number of nitrogens with two attached hydrogens (primary N) is 1. The molecule has 6 heavy (non-hydrogen) atoms. The molecule has 2 amide bonds. The summed E-state index contributed by atoms with van der Waals surface area (Å²) in [6, 6.07) is 0. The zero-order chi connectivity index (χ0) is 4.99. The van der Waals surface area contributed by atoms with Crippen molar-refractivity contribution in [3.05, 3.63) is 0 Å². The van der Waals surface area contributed by atoms with Crippen LogP contribution in [0.5, 0.6) is 0 Å². The molecule has 0 heterocycles. The Morgan fingerprint density at radius 3 is 1.67 bits per heavy atom. The summed E-state index contributed by atoms with van der Waals surface area (Å²) in [5.41, 5.74) is 0. The Balaban J connectivity index is 3.21. The van der Waals surface area contributed by atoms with Gasteiger partial charge in [0.2, 0.25) is 12.8 Å². The Morgan fingerprint density at radius 1 is 1.33 bits per heavy atom. The maximum atomic E-state index is 9.31. The summed E-state index contributed by atoms with van der Waals surface area (Å²) in [4.78, 5) is 18.6. The monoisotopic (exact) mass is 88.0 g/mol. The number of amides is 2. The van der Waals surface area contributed by atoms with Gasteiger partial charge in [-0.05, 0) is 0 Å². The van der Waals surface area contributed by atoms with Crippen molar-refractivity contribution in [2.45, 2.75) is 0 Å². The van der Waals surface area contributed by atoms with Crippen LogP contribution in [0.3, 0.4) is 0 Å². The first-order valence-electron chi connectivity index (χ1n) is 1.25. The molecule has 0 aromatic heterocycles. The van der Waals surface area contributed by atoms with E-state index in [1.807, 2.05) is 0 Å². The van der Waals surface area contributed by atoms with E-state index >= 15 is 0 Å². The van der Waals surface area contributed by atoms with Crippen LogP contribution in [0.15, 0.2) is 0 Å². The van der Waals surface area contributed by atoms with Crippen LogP contribution < -0.4 is 5.84 Å². The summed E-state index contributed by atoms with van der Waals surface area (Å²) in [6.45, 7) is 0. The van der Waals surface area contributed by atoms with Crippen molar-refractivity contribution in [2.24, 2.45) is 5.84 Å². The highest BCUT2D eigenvalue weighted by Gasteiger charge is 1.79. The van der Waals surface area contributed by atoms with Crippen LogP contribution in [0.25, 0.3) is 0 Å². The summed E-state index contributed by atoms with van der Waals surface area (Å²) >= 11 is 0. The number of hydrogen-bond donors (Lipinski definition) is 1. The van der Waals surface area contributed by atoms with Crippen LogP contribution in [0.4, 0.5) is 0 Å². The van der Waals surface area contributed by atoms with Crippen molar-refractivity contribution in [3.63, 3.8) is 0 Å². The second kappa shape index (κ2) is 2.34. The fourth-order valence-electron chi connectivity index (χ4n) is 0.0248. The van der Waals surface area contributed by atoms with Gasteiger partial charge in [0, 0.05) is 0 Å². The van der Waals surface area contributed by atoms with Gasteiger partial charge in [0.15, 0.2) is 0 Å². The number of nitrogens with zero attached hydrogens (tertiary/aromatic N) is 1. The number of imide groups is 1. The van der Waals surface area contributed by atoms with E-state index in [0.29, 0.717) is 5.01 Å². The van der Waals surface area contributed by atoms with Gasteiger partial charge >= 0.3 is 0 Å². The molecule has 0 saturated carbocycles. The molecular formula is C2H4N2O2. The summed E-state index contributed by atoms with van der Waals surface area (Å²) < 4.78 is 0. The van der Waals surface area contributed by atoms with E-state index in [2.05, 4.69) is 5.84 Å². The lowest BCUT2D eigenvalue weighted by molar-refractivity contribution is -0.129. The molecule has 4 nitrogen and oxygen atoms in total. The zero-order valence-electron chi connectivity index (χ0n) is 3.00. The van der Waals surface area contributed by atoms with E-state index in [0.717, 1.165) is 0 Å². The van der Waals surface area contributed by atoms with E-state index in [9.17, 15) is 9.59 Å². The van der Waals surface area contributed by atoms with Gasteiger partial charge in [0.05, 0.1) is 0 Å². The molecule has 0 aromatic rings. The average Bonchev–Trinajstić information content (AvgIpc) is 1.65. The highest BCUT2D eigenvalue weighted by molar-refractivity contribution is 5.66. The van der Waals surface area contributed by atoms with Gasteiger partial charge in [-0.25, -0.2) is 10.9 Å². The maximum Gasteiger partial charge on any atom is 0.230 e. The molecule has 0 atom stereocenters. The average molecular weight is 88.1 g/mol. The van der Waals surface area contributed by atoms with Crippen LogP contribution in [0, 0.1) is 0 Å². The highest BCUT2D eigenvalue weighted by Crippen LogP contribution is 1.47. The standard InChI is InChI=1S/C2H4N2O2/c3-4(1-5)2-6/h1-2H,3H2. The minimum Gasteiger partial charge on any atom is -0.277 e. The molecule has 0 unspecified atom stereocenters. The van der Waals surface area contributed by atoms with Gasteiger partial charge in [-0.15, -0.1) is 0 Å². The van der Waals surface area contributed by atoms with Gasteiger partial charge < -0.3 is 0 Å². The predicted molar refractivity (Wildman–Crippen MR) is 18.2 cm³/mol. The molecule has 0 fully saturated rings. The third kappa shape index (κ3) is 1.42. The maximum absolute atomic E-state index is 9.31. The Labute approximate surface area is 34.5 Å².